The molecule has 0 amide bonds. The number of hydrogen-bond acceptors (Lipinski definition) is 4. The molecule has 0 aromatic rings. The predicted molar refractivity (Wildman–Crippen MR) is 102 cm³/mol. The van der Waals surface area contributed by atoms with Crippen molar-refractivity contribution in [2.75, 3.05) is 26.4 Å². The summed E-state index contributed by atoms with van der Waals surface area (Å²) >= 11 is 0. The van der Waals surface area contributed by atoms with E-state index in [-0.39, 0.29) is 10.8 Å². The van der Waals surface area contributed by atoms with Crippen LogP contribution in [0.1, 0.15) is 59.3 Å². The van der Waals surface area contributed by atoms with Crippen LogP contribution in [0.25, 0.3) is 0 Å². The van der Waals surface area contributed by atoms with Crippen LogP contribution in [-0.2, 0) is 4.43 Å². The Kier molecular flexibility index (Phi) is 4.58. The highest BCUT2D eigenvalue weighted by Crippen LogP contribution is 2.73. The van der Waals surface area contributed by atoms with Gasteiger partial charge >= 0.3 is 0 Å². The van der Waals surface area contributed by atoms with Crippen molar-refractivity contribution < 1.29 is 19.7 Å². The maximum absolute atomic E-state index is 9.22. The lowest BCUT2D eigenvalue weighted by molar-refractivity contribution is -0.239. The average molecular weight is 371 g/mol. The van der Waals surface area contributed by atoms with Gasteiger partial charge in [0, 0.05) is 26.4 Å². The molecular formula is C20H38O4Si. The van der Waals surface area contributed by atoms with E-state index in [2.05, 4.69) is 33.9 Å². The van der Waals surface area contributed by atoms with Crippen molar-refractivity contribution in [1.29, 1.82) is 0 Å². The van der Waals surface area contributed by atoms with Crippen molar-refractivity contribution in [1.82, 2.24) is 0 Å². The van der Waals surface area contributed by atoms with Crippen molar-refractivity contribution in [3.8, 4) is 0 Å². The van der Waals surface area contributed by atoms with E-state index in [0.717, 1.165) is 25.9 Å². The van der Waals surface area contributed by atoms with Gasteiger partial charge in [0.15, 0.2) is 8.32 Å². The van der Waals surface area contributed by atoms with E-state index in [1.165, 1.54) is 19.3 Å². The van der Waals surface area contributed by atoms with Crippen molar-refractivity contribution in [3.63, 3.8) is 0 Å². The highest BCUT2D eigenvalue weighted by atomic mass is 28.4. The summed E-state index contributed by atoms with van der Waals surface area (Å²) in [5.41, 5.74) is 1.31. The largest absolute Gasteiger partial charge is 0.416 e. The molecule has 6 aliphatic rings. The quantitative estimate of drug-likeness (QED) is 0.627. The van der Waals surface area contributed by atoms with Crippen LogP contribution in [0.2, 0.25) is 18.1 Å². The van der Waals surface area contributed by atoms with Gasteiger partial charge in [-0.25, -0.2) is 0 Å². The van der Waals surface area contributed by atoms with Gasteiger partial charge in [-0.3, -0.25) is 0 Å². The maximum atomic E-state index is 9.22. The van der Waals surface area contributed by atoms with Crippen molar-refractivity contribution in [2.24, 2.45) is 21.7 Å². The predicted octanol–water partition coefficient (Wildman–Crippen LogP) is 3.31. The first-order chi connectivity index (χ1) is 11.4. The number of aliphatic hydroxyl groups is 3. The number of rotatable bonds is 6. The summed E-state index contributed by atoms with van der Waals surface area (Å²) in [6, 6.07) is 0. The summed E-state index contributed by atoms with van der Waals surface area (Å²) in [6.45, 7) is 13.5. The van der Waals surface area contributed by atoms with Crippen molar-refractivity contribution in [2.45, 2.75) is 77.4 Å². The lowest BCUT2D eigenvalue weighted by Gasteiger charge is -2.70. The van der Waals surface area contributed by atoms with Gasteiger partial charge < -0.3 is 19.7 Å². The smallest absolute Gasteiger partial charge is 0.192 e. The summed E-state index contributed by atoms with van der Waals surface area (Å²) in [7, 11) is -1.57. The molecule has 0 aliphatic heterocycles. The van der Waals surface area contributed by atoms with Gasteiger partial charge in [0.2, 0.25) is 0 Å². The van der Waals surface area contributed by atoms with Gasteiger partial charge in [0.05, 0.1) is 0 Å². The van der Waals surface area contributed by atoms with E-state index in [9.17, 15) is 5.11 Å². The van der Waals surface area contributed by atoms with E-state index < -0.39 is 8.32 Å². The van der Waals surface area contributed by atoms with Crippen LogP contribution in [0.4, 0.5) is 0 Å². The minimum Gasteiger partial charge on any atom is -0.416 e. The second-order valence-electron chi connectivity index (χ2n) is 11.6. The third-order valence-electron chi connectivity index (χ3n) is 8.05. The molecule has 0 spiro atoms. The zero-order chi connectivity index (χ0) is 18.8. The lowest BCUT2D eigenvalue weighted by Crippen LogP contribution is -2.66. The Morgan fingerprint density at radius 3 is 1.32 bits per heavy atom. The molecule has 5 heteroatoms. The standard InChI is InChI=1S/C13H26O2Si.C7H12O2/c1-11(2,3)16(4,5)15-10-13-6-12(7-13,8-13)9-14;8-4-6-1-7(2-6,3-6)5-9/h14H,6-10H2,1-5H3;8-9H,1-5H2. The average Bonchev–Trinajstić information content (AvgIpc) is 2.33. The normalized spacial score (nSPS) is 43.7. The molecule has 6 fully saturated rings. The zero-order valence-electron chi connectivity index (χ0n) is 16.8. The fraction of sp³-hybridized carbons (Fsp3) is 1.00. The van der Waals surface area contributed by atoms with Crippen LogP contribution in [-0.4, -0.2) is 50.1 Å². The SMILES string of the molecule is CC(C)(C)[Si](C)(C)OCC12CC(CO)(C1)C2.OCC12CC(CO)(C1)C2. The summed E-state index contributed by atoms with van der Waals surface area (Å²) in [5, 5.41) is 27.2. The first-order valence-electron chi connectivity index (χ1n) is 9.85. The summed E-state index contributed by atoms with van der Waals surface area (Å²) < 4.78 is 6.29. The number of aliphatic hydroxyl groups excluding tert-OH is 3. The molecule has 4 nitrogen and oxygen atoms in total. The molecule has 3 N–H and O–H groups in total. The van der Waals surface area contributed by atoms with Gasteiger partial charge in [-0.2, -0.15) is 0 Å². The third kappa shape index (κ3) is 3.14. The fourth-order valence-corrected chi connectivity index (χ4v) is 6.77. The second kappa shape index (κ2) is 5.78. The first-order valence-corrected chi connectivity index (χ1v) is 12.8. The molecule has 6 aliphatic carbocycles. The van der Waals surface area contributed by atoms with Crippen LogP contribution in [0.3, 0.4) is 0 Å². The first kappa shape index (κ1) is 19.8. The van der Waals surface area contributed by atoms with E-state index in [4.69, 9.17) is 14.6 Å². The summed E-state index contributed by atoms with van der Waals surface area (Å²) in [6.07, 6.45) is 6.79. The zero-order valence-corrected chi connectivity index (χ0v) is 17.8. The highest BCUT2D eigenvalue weighted by molar-refractivity contribution is 6.74. The van der Waals surface area contributed by atoms with E-state index in [1.54, 1.807) is 0 Å². The van der Waals surface area contributed by atoms with Gasteiger partial charge in [0.25, 0.3) is 0 Å². The molecule has 6 saturated carbocycles. The second-order valence-corrected chi connectivity index (χ2v) is 16.4. The topological polar surface area (TPSA) is 69.9 Å². The Bertz CT molecular complexity index is 469. The lowest BCUT2D eigenvalue weighted by atomic mass is 9.36. The van der Waals surface area contributed by atoms with E-state index in [1.807, 2.05) is 0 Å². The Morgan fingerprint density at radius 1 is 0.720 bits per heavy atom. The van der Waals surface area contributed by atoms with Crippen LogP contribution < -0.4 is 0 Å². The molecule has 146 valence electrons. The molecule has 0 unspecified atom stereocenters. The molecular weight excluding hydrogens is 332 g/mol. The van der Waals surface area contributed by atoms with Gasteiger partial charge in [-0.15, -0.1) is 0 Å². The Labute approximate surface area is 154 Å². The van der Waals surface area contributed by atoms with E-state index >= 15 is 0 Å². The highest BCUT2D eigenvalue weighted by Gasteiger charge is 2.68. The third-order valence-corrected chi connectivity index (χ3v) is 12.5. The minimum atomic E-state index is -1.57. The van der Waals surface area contributed by atoms with E-state index in [0.29, 0.717) is 35.7 Å². The van der Waals surface area contributed by atoms with Gasteiger partial charge in [-0.05, 0) is 78.3 Å². The van der Waals surface area contributed by atoms with Crippen LogP contribution >= 0.6 is 0 Å². The number of hydrogen-bond donors (Lipinski definition) is 3. The Hall–Kier alpha value is 0.0569. The van der Waals surface area contributed by atoms with Crippen LogP contribution in [0.15, 0.2) is 0 Å². The molecule has 6 rings (SSSR count). The Morgan fingerprint density at radius 2 is 1.04 bits per heavy atom. The molecule has 0 atom stereocenters. The molecule has 0 aromatic carbocycles. The molecule has 0 radical (unpaired) electrons. The summed E-state index contributed by atoms with van der Waals surface area (Å²) in [5.74, 6) is 0. The fourth-order valence-electron chi connectivity index (χ4n) is 5.67. The van der Waals surface area contributed by atoms with Crippen LogP contribution in [0, 0.1) is 21.7 Å². The maximum Gasteiger partial charge on any atom is 0.192 e. The van der Waals surface area contributed by atoms with Crippen LogP contribution in [0.5, 0.6) is 0 Å². The summed E-state index contributed by atoms with van der Waals surface area (Å²) in [4.78, 5) is 0. The van der Waals surface area contributed by atoms with Crippen molar-refractivity contribution in [3.05, 3.63) is 0 Å². The molecule has 0 heterocycles. The Balaban J connectivity index is 0.000000170. The minimum absolute atomic E-state index is 0.267. The van der Waals surface area contributed by atoms with Crippen molar-refractivity contribution >= 4 is 8.32 Å². The molecule has 4 bridgehead atoms. The van der Waals surface area contributed by atoms with Gasteiger partial charge in [-0.1, -0.05) is 20.8 Å². The molecule has 0 saturated heterocycles. The molecule has 0 aromatic heterocycles. The monoisotopic (exact) mass is 370 g/mol. The molecule has 25 heavy (non-hydrogen) atoms. The van der Waals surface area contributed by atoms with Gasteiger partial charge in [0.1, 0.15) is 0 Å².